The SMILES string of the molecule is Cc1cccc(C[C@@H](C(=O)O)N(C)S(=O)(=O)c2ccc(Cl)cc2)c1. The number of aryl methyl sites for hydroxylation is 1. The van der Waals surface area contributed by atoms with Crippen LogP contribution in [0, 0.1) is 6.92 Å². The van der Waals surface area contributed by atoms with E-state index < -0.39 is 22.0 Å². The number of sulfonamides is 1. The fourth-order valence-electron chi connectivity index (χ4n) is 2.37. The third-order valence-electron chi connectivity index (χ3n) is 3.73. The van der Waals surface area contributed by atoms with Gasteiger partial charge in [0.05, 0.1) is 4.90 Å². The molecule has 0 fully saturated rings. The molecule has 0 saturated carbocycles. The number of likely N-dealkylation sites (N-methyl/N-ethyl adjacent to an activating group) is 1. The number of carboxylic acids is 1. The van der Waals surface area contributed by atoms with Crippen molar-refractivity contribution >= 4 is 27.6 Å². The van der Waals surface area contributed by atoms with E-state index in [2.05, 4.69) is 0 Å². The van der Waals surface area contributed by atoms with Gasteiger partial charge in [0, 0.05) is 12.1 Å². The molecule has 2 rings (SSSR count). The molecule has 0 spiro atoms. The van der Waals surface area contributed by atoms with Gasteiger partial charge >= 0.3 is 5.97 Å². The molecule has 128 valence electrons. The van der Waals surface area contributed by atoms with Gasteiger partial charge in [-0.25, -0.2) is 8.42 Å². The molecule has 2 aromatic rings. The fraction of sp³-hybridized carbons (Fsp3) is 0.235. The average molecular weight is 368 g/mol. The molecule has 0 heterocycles. The van der Waals surface area contributed by atoms with E-state index in [1.165, 1.54) is 31.3 Å². The van der Waals surface area contributed by atoms with Crippen molar-refractivity contribution in [2.24, 2.45) is 0 Å². The van der Waals surface area contributed by atoms with Gasteiger partial charge in [-0.15, -0.1) is 0 Å². The van der Waals surface area contributed by atoms with E-state index in [4.69, 9.17) is 11.6 Å². The summed E-state index contributed by atoms with van der Waals surface area (Å²) in [5.74, 6) is -1.20. The zero-order valence-electron chi connectivity index (χ0n) is 13.3. The highest BCUT2D eigenvalue weighted by atomic mass is 35.5. The van der Waals surface area contributed by atoms with Crippen molar-refractivity contribution in [2.75, 3.05) is 7.05 Å². The smallest absolute Gasteiger partial charge is 0.322 e. The van der Waals surface area contributed by atoms with E-state index in [0.717, 1.165) is 15.4 Å². The van der Waals surface area contributed by atoms with Gasteiger partial charge in [0.25, 0.3) is 0 Å². The lowest BCUT2D eigenvalue weighted by molar-refractivity contribution is -0.141. The van der Waals surface area contributed by atoms with Gasteiger partial charge in [0.15, 0.2) is 0 Å². The van der Waals surface area contributed by atoms with Crippen LogP contribution >= 0.6 is 11.6 Å². The summed E-state index contributed by atoms with van der Waals surface area (Å²) in [6.45, 7) is 1.90. The molecule has 0 bridgehead atoms. The number of hydrogen-bond donors (Lipinski definition) is 1. The normalized spacial score (nSPS) is 13.0. The predicted octanol–water partition coefficient (Wildman–Crippen LogP) is 2.96. The lowest BCUT2D eigenvalue weighted by Crippen LogP contribution is -2.43. The Kier molecular flexibility index (Phi) is 5.64. The highest BCUT2D eigenvalue weighted by Crippen LogP contribution is 2.21. The van der Waals surface area contributed by atoms with Gasteiger partial charge in [0.2, 0.25) is 10.0 Å². The van der Waals surface area contributed by atoms with Crippen LogP contribution in [0.3, 0.4) is 0 Å². The second-order valence-corrected chi connectivity index (χ2v) is 7.96. The number of hydrogen-bond acceptors (Lipinski definition) is 3. The van der Waals surface area contributed by atoms with Crippen LogP contribution < -0.4 is 0 Å². The minimum absolute atomic E-state index is 0.00453. The molecule has 1 atom stereocenters. The summed E-state index contributed by atoms with van der Waals surface area (Å²) in [5, 5.41) is 9.91. The highest BCUT2D eigenvalue weighted by Gasteiger charge is 2.32. The minimum atomic E-state index is -3.94. The molecule has 5 nitrogen and oxygen atoms in total. The molecule has 7 heteroatoms. The molecule has 0 amide bonds. The van der Waals surface area contributed by atoms with Crippen molar-refractivity contribution in [3.05, 3.63) is 64.7 Å². The van der Waals surface area contributed by atoms with Gasteiger partial charge < -0.3 is 5.11 Å². The first-order valence-corrected chi connectivity index (χ1v) is 9.05. The van der Waals surface area contributed by atoms with Crippen molar-refractivity contribution in [3.8, 4) is 0 Å². The molecule has 2 aromatic carbocycles. The number of halogens is 1. The van der Waals surface area contributed by atoms with Crippen LogP contribution in [0.5, 0.6) is 0 Å². The molecule has 0 aromatic heterocycles. The first kappa shape index (κ1) is 18.4. The Morgan fingerprint density at radius 3 is 2.38 bits per heavy atom. The summed E-state index contributed by atoms with van der Waals surface area (Å²) < 4.78 is 26.2. The molecule has 0 saturated heterocycles. The van der Waals surface area contributed by atoms with Gasteiger partial charge in [-0.3, -0.25) is 4.79 Å². The standard InChI is InChI=1S/C17H18ClNO4S/c1-12-4-3-5-13(10-12)11-16(17(20)21)19(2)24(22,23)15-8-6-14(18)7-9-15/h3-10,16H,11H2,1-2H3,(H,20,21)/t16-/m0/s1. The zero-order valence-corrected chi connectivity index (χ0v) is 14.9. The molecule has 0 aliphatic rings. The van der Waals surface area contributed by atoms with Crippen molar-refractivity contribution in [2.45, 2.75) is 24.3 Å². The van der Waals surface area contributed by atoms with Gasteiger partial charge in [-0.2, -0.15) is 4.31 Å². The van der Waals surface area contributed by atoms with Crippen molar-refractivity contribution in [3.63, 3.8) is 0 Å². The van der Waals surface area contributed by atoms with Crippen LogP contribution in [0.2, 0.25) is 5.02 Å². The molecule has 0 radical (unpaired) electrons. The second-order valence-electron chi connectivity index (χ2n) is 5.52. The Balaban J connectivity index is 2.33. The average Bonchev–Trinajstić information content (AvgIpc) is 2.52. The molecule has 0 unspecified atom stereocenters. The lowest BCUT2D eigenvalue weighted by Gasteiger charge is -2.24. The largest absolute Gasteiger partial charge is 0.480 e. The first-order valence-electron chi connectivity index (χ1n) is 7.24. The number of carboxylic acid groups (broad SMARTS) is 1. The minimum Gasteiger partial charge on any atom is -0.480 e. The van der Waals surface area contributed by atoms with Crippen molar-refractivity contribution in [1.82, 2.24) is 4.31 Å². The third kappa shape index (κ3) is 4.14. The topological polar surface area (TPSA) is 74.7 Å². The van der Waals surface area contributed by atoms with E-state index in [0.29, 0.717) is 5.02 Å². The molecular weight excluding hydrogens is 350 g/mol. The number of carbonyl (C=O) groups is 1. The van der Waals surface area contributed by atoms with E-state index in [9.17, 15) is 18.3 Å². The van der Waals surface area contributed by atoms with Crippen LogP contribution in [0.1, 0.15) is 11.1 Å². The number of rotatable bonds is 6. The van der Waals surface area contributed by atoms with Crippen LogP contribution in [0.15, 0.2) is 53.4 Å². The maximum absolute atomic E-state index is 12.7. The van der Waals surface area contributed by atoms with Crippen LogP contribution in [-0.2, 0) is 21.2 Å². The number of aliphatic carboxylic acids is 1. The number of benzene rings is 2. The summed E-state index contributed by atoms with van der Waals surface area (Å²) in [4.78, 5) is 11.6. The molecule has 0 aliphatic heterocycles. The maximum atomic E-state index is 12.7. The van der Waals surface area contributed by atoms with Gasteiger partial charge in [-0.05, 0) is 43.2 Å². The third-order valence-corrected chi connectivity index (χ3v) is 5.86. The lowest BCUT2D eigenvalue weighted by atomic mass is 10.0. The molecule has 1 N–H and O–H groups in total. The zero-order chi connectivity index (χ0) is 17.9. The maximum Gasteiger partial charge on any atom is 0.322 e. The van der Waals surface area contributed by atoms with E-state index in [1.54, 1.807) is 6.07 Å². The summed E-state index contributed by atoms with van der Waals surface area (Å²) >= 11 is 5.77. The highest BCUT2D eigenvalue weighted by molar-refractivity contribution is 7.89. The predicted molar refractivity (Wildman–Crippen MR) is 92.7 cm³/mol. The Morgan fingerprint density at radius 1 is 1.21 bits per heavy atom. The van der Waals surface area contributed by atoms with Crippen LogP contribution in [0.4, 0.5) is 0 Å². The Hall–Kier alpha value is -1.89. The van der Waals surface area contributed by atoms with Crippen LogP contribution in [0.25, 0.3) is 0 Å². The Bertz CT molecular complexity index is 834. The fourth-order valence-corrected chi connectivity index (χ4v) is 3.81. The Morgan fingerprint density at radius 2 is 1.83 bits per heavy atom. The quantitative estimate of drug-likeness (QED) is 0.851. The van der Waals surface area contributed by atoms with Gasteiger partial charge in [-0.1, -0.05) is 41.4 Å². The summed E-state index contributed by atoms with van der Waals surface area (Å²) in [5.41, 5.74) is 1.75. The van der Waals surface area contributed by atoms with Crippen LogP contribution in [-0.4, -0.2) is 36.9 Å². The molecular formula is C17H18ClNO4S. The van der Waals surface area contributed by atoms with E-state index >= 15 is 0 Å². The molecule has 24 heavy (non-hydrogen) atoms. The van der Waals surface area contributed by atoms with Crippen molar-refractivity contribution < 1.29 is 18.3 Å². The number of nitrogens with zero attached hydrogens (tertiary/aromatic N) is 1. The summed E-state index contributed by atoms with van der Waals surface area (Å²) in [7, 11) is -2.66. The summed E-state index contributed by atoms with van der Waals surface area (Å²) in [6.07, 6.45) is 0.0837. The first-order chi connectivity index (χ1) is 11.2. The van der Waals surface area contributed by atoms with E-state index in [1.807, 2.05) is 25.1 Å². The van der Waals surface area contributed by atoms with E-state index in [-0.39, 0.29) is 11.3 Å². The second kappa shape index (κ2) is 7.34. The Labute approximate surface area is 146 Å². The van der Waals surface area contributed by atoms with Gasteiger partial charge in [0.1, 0.15) is 6.04 Å². The summed E-state index contributed by atoms with van der Waals surface area (Å²) in [6, 6.07) is 11.8. The monoisotopic (exact) mass is 367 g/mol. The van der Waals surface area contributed by atoms with Crippen molar-refractivity contribution in [1.29, 1.82) is 0 Å². The molecule has 0 aliphatic carbocycles.